The maximum atomic E-state index is 12.5. The summed E-state index contributed by atoms with van der Waals surface area (Å²) in [6.45, 7) is 1.48. The lowest BCUT2D eigenvalue weighted by atomic mass is 9.85. The van der Waals surface area contributed by atoms with Crippen molar-refractivity contribution in [3.05, 3.63) is 60.2 Å². The number of carbonyl (C=O) groups excluding carboxylic acids is 1. The van der Waals surface area contributed by atoms with Crippen molar-refractivity contribution in [1.29, 1.82) is 0 Å². The van der Waals surface area contributed by atoms with Gasteiger partial charge in [-0.05, 0) is 30.8 Å². The predicted octanol–water partition coefficient (Wildman–Crippen LogP) is 2.90. The molecular weight excluding hydrogens is 318 g/mol. The van der Waals surface area contributed by atoms with Crippen molar-refractivity contribution in [2.45, 2.75) is 18.4 Å². The first-order chi connectivity index (χ1) is 12.2. The van der Waals surface area contributed by atoms with E-state index >= 15 is 0 Å². The molecule has 0 bridgehead atoms. The normalized spacial score (nSPS) is 16.0. The Morgan fingerprint density at radius 1 is 1.00 bits per heavy atom. The summed E-state index contributed by atoms with van der Waals surface area (Å²) in [5.41, 5.74) is 0.440. The number of rotatable bonds is 6. The van der Waals surface area contributed by atoms with Gasteiger partial charge in [-0.2, -0.15) is 0 Å². The molecule has 132 valence electrons. The summed E-state index contributed by atoms with van der Waals surface area (Å²) in [5.74, 6) is 0.743. The first kappa shape index (κ1) is 17.3. The first-order valence-electron chi connectivity index (χ1n) is 8.47. The summed E-state index contributed by atoms with van der Waals surface area (Å²) in [6.07, 6.45) is 1.49. The third-order valence-corrected chi connectivity index (χ3v) is 4.43. The van der Waals surface area contributed by atoms with Gasteiger partial charge in [0.1, 0.15) is 5.60 Å². The molecule has 1 fully saturated rings. The Hall–Kier alpha value is -2.53. The van der Waals surface area contributed by atoms with Gasteiger partial charge in [-0.3, -0.25) is 0 Å². The third-order valence-electron chi connectivity index (χ3n) is 4.43. The number of benzene rings is 2. The predicted molar refractivity (Wildman–Crippen MR) is 94.8 cm³/mol. The average molecular weight is 341 g/mol. The van der Waals surface area contributed by atoms with Gasteiger partial charge < -0.3 is 19.5 Å². The fourth-order valence-electron chi connectivity index (χ4n) is 3.14. The van der Waals surface area contributed by atoms with E-state index in [0.29, 0.717) is 11.5 Å². The fourth-order valence-corrected chi connectivity index (χ4v) is 3.14. The molecule has 5 heteroatoms. The molecule has 3 rings (SSSR count). The molecule has 2 aromatic carbocycles. The van der Waals surface area contributed by atoms with Gasteiger partial charge in [0.25, 0.3) is 0 Å². The van der Waals surface area contributed by atoms with Crippen LogP contribution in [0.2, 0.25) is 0 Å². The molecule has 1 N–H and O–H groups in total. The molecule has 0 aromatic heterocycles. The van der Waals surface area contributed by atoms with Crippen LogP contribution in [0.1, 0.15) is 18.4 Å². The van der Waals surface area contributed by atoms with Gasteiger partial charge in [0, 0.05) is 12.8 Å². The fraction of sp³-hybridized carbons (Fsp3) is 0.350. The molecule has 0 spiro atoms. The van der Waals surface area contributed by atoms with Crippen LogP contribution in [0.25, 0.3) is 0 Å². The Morgan fingerprint density at radius 2 is 1.64 bits per heavy atom. The SMILES string of the molecule is COc1ccccc1OCC(=O)OC1(c2ccccc2)CCNCC1. The van der Waals surface area contributed by atoms with Crippen LogP contribution in [-0.4, -0.2) is 32.8 Å². The van der Waals surface area contributed by atoms with Crippen LogP contribution in [0.15, 0.2) is 54.6 Å². The van der Waals surface area contributed by atoms with Crippen LogP contribution in [0.5, 0.6) is 11.5 Å². The average Bonchev–Trinajstić information content (AvgIpc) is 2.68. The lowest BCUT2D eigenvalue weighted by molar-refractivity contribution is -0.166. The Bertz CT molecular complexity index is 696. The Kier molecular flexibility index (Phi) is 5.56. The Morgan fingerprint density at radius 3 is 2.32 bits per heavy atom. The number of para-hydroxylation sites is 2. The summed E-state index contributed by atoms with van der Waals surface area (Å²) < 4.78 is 16.7. The molecule has 0 amide bonds. The maximum absolute atomic E-state index is 12.5. The largest absolute Gasteiger partial charge is 0.493 e. The van der Waals surface area contributed by atoms with Gasteiger partial charge >= 0.3 is 5.97 Å². The molecular formula is C20H23NO4. The van der Waals surface area contributed by atoms with Crippen molar-refractivity contribution in [3.8, 4) is 11.5 Å². The van der Waals surface area contributed by atoms with E-state index in [1.165, 1.54) is 0 Å². The Labute approximate surface area is 147 Å². The van der Waals surface area contributed by atoms with Crippen molar-refractivity contribution in [3.63, 3.8) is 0 Å². The summed E-state index contributed by atoms with van der Waals surface area (Å²) in [4.78, 5) is 12.5. The van der Waals surface area contributed by atoms with E-state index in [2.05, 4.69) is 5.32 Å². The van der Waals surface area contributed by atoms with E-state index in [0.717, 1.165) is 31.5 Å². The highest BCUT2D eigenvalue weighted by atomic mass is 16.6. The lowest BCUT2D eigenvalue weighted by Crippen LogP contribution is -2.43. The van der Waals surface area contributed by atoms with E-state index in [4.69, 9.17) is 14.2 Å². The van der Waals surface area contributed by atoms with Crippen LogP contribution < -0.4 is 14.8 Å². The van der Waals surface area contributed by atoms with Crippen molar-refractivity contribution in [2.24, 2.45) is 0 Å². The van der Waals surface area contributed by atoms with Gasteiger partial charge in [-0.15, -0.1) is 0 Å². The van der Waals surface area contributed by atoms with Crippen molar-refractivity contribution < 1.29 is 19.0 Å². The summed E-state index contributed by atoms with van der Waals surface area (Å²) in [7, 11) is 1.57. The van der Waals surface area contributed by atoms with Gasteiger partial charge in [-0.1, -0.05) is 42.5 Å². The first-order valence-corrected chi connectivity index (χ1v) is 8.47. The van der Waals surface area contributed by atoms with E-state index in [1.54, 1.807) is 19.2 Å². The number of piperidine rings is 1. The number of hydrogen-bond acceptors (Lipinski definition) is 5. The minimum absolute atomic E-state index is 0.150. The third kappa shape index (κ3) is 4.12. The summed E-state index contributed by atoms with van der Waals surface area (Å²) in [6, 6.07) is 17.2. The lowest BCUT2D eigenvalue weighted by Gasteiger charge is -2.37. The molecule has 1 heterocycles. The molecule has 1 saturated heterocycles. The highest BCUT2D eigenvalue weighted by Gasteiger charge is 2.37. The van der Waals surface area contributed by atoms with Gasteiger partial charge in [0.2, 0.25) is 0 Å². The topological polar surface area (TPSA) is 56.8 Å². The highest BCUT2D eigenvalue weighted by molar-refractivity contribution is 5.72. The van der Waals surface area contributed by atoms with Crippen molar-refractivity contribution >= 4 is 5.97 Å². The molecule has 0 radical (unpaired) electrons. The van der Waals surface area contributed by atoms with E-state index in [1.807, 2.05) is 42.5 Å². The van der Waals surface area contributed by atoms with Gasteiger partial charge in [0.15, 0.2) is 18.1 Å². The zero-order valence-corrected chi connectivity index (χ0v) is 14.4. The summed E-state index contributed by atoms with van der Waals surface area (Å²) in [5, 5.41) is 3.32. The number of carbonyl (C=O) groups is 1. The summed E-state index contributed by atoms with van der Waals surface area (Å²) >= 11 is 0. The second kappa shape index (κ2) is 8.03. The zero-order valence-electron chi connectivity index (χ0n) is 14.4. The maximum Gasteiger partial charge on any atom is 0.345 e. The quantitative estimate of drug-likeness (QED) is 0.819. The number of hydrogen-bond donors (Lipinski definition) is 1. The number of esters is 1. The zero-order chi connectivity index (χ0) is 17.5. The second-order valence-electron chi connectivity index (χ2n) is 6.02. The standard InChI is InChI=1S/C20H23NO4/c1-23-17-9-5-6-10-18(17)24-15-19(22)25-20(11-13-21-14-12-20)16-7-3-2-4-8-16/h2-10,21H,11-15H2,1H3. The van der Waals surface area contributed by atoms with Crippen LogP contribution in [0.3, 0.4) is 0 Å². The van der Waals surface area contributed by atoms with Crippen LogP contribution in [0.4, 0.5) is 0 Å². The van der Waals surface area contributed by atoms with Gasteiger partial charge in [-0.25, -0.2) is 4.79 Å². The molecule has 1 aliphatic rings. The molecule has 2 aromatic rings. The molecule has 0 saturated carbocycles. The van der Waals surface area contributed by atoms with Crippen LogP contribution in [0, 0.1) is 0 Å². The number of methoxy groups -OCH3 is 1. The number of nitrogens with one attached hydrogen (secondary N) is 1. The molecule has 0 aliphatic carbocycles. The van der Waals surface area contributed by atoms with E-state index in [-0.39, 0.29) is 12.6 Å². The minimum Gasteiger partial charge on any atom is -0.493 e. The number of ether oxygens (including phenoxy) is 3. The monoisotopic (exact) mass is 341 g/mol. The second-order valence-corrected chi connectivity index (χ2v) is 6.02. The molecule has 0 unspecified atom stereocenters. The Balaban J connectivity index is 1.69. The van der Waals surface area contributed by atoms with E-state index < -0.39 is 5.60 Å². The molecule has 0 atom stereocenters. The minimum atomic E-state index is -0.590. The van der Waals surface area contributed by atoms with Gasteiger partial charge in [0.05, 0.1) is 7.11 Å². The van der Waals surface area contributed by atoms with E-state index in [9.17, 15) is 4.79 Å². The molecule has 25 heavy (non-hydrogen) atoms. The smallest absolute Gasteiger partial charge is 0.345 e. The van der Waals surface area contributed by atoms with Crippen LogP contribution >= 0.6 is 0 Å². The van der Waals surface area contributed by atoms with Crippen LogP contribution in [-0.2, 0) is 15.1 Å². The molecule has 5 nitrogen and oxygen atoms in total. The van der Waals surface area contributed by atoms with Crippen molar-refractivity contribution in [2.75, 3.05) is 26.8 Å². The molecule has 1 aliphatic heterocycles. The van der Waals surface area contributed by atoms with Crippen molar-refractivity contribution in [1.82, 2.24) is 5.32 Å². The highest BCUT2D eigenvalue weighted by Crippen LogP contribution is 2.35.